The van der Waals surface area contributed by atoms with Crippen LogP contribution in [0.4, 0.5) is 0 Å². The van der Waals surface area contributed by atoms with E-state index in [1.54, 1.807) is 12.1 Å². The van der Waals surface area contributed by atoms with Gasteiger partial charge in [0.2, 0.25) is 10.0 Å². The summed E-state index contributed by atoms with van der Waals surface area (Å²) in [6.45, 7) is 8.06. The SMILES string of the molecule is CC[C@@H](C)NC(=O)COc1ccc(S(=O)(=O)NCC(C)C)cc1. The summed E-state index contributed by atoms with van der Waals surface area (Å²) < 4.78 is 32.0. The number of sulfonamides is 1. The average molecular weight is 342 g/mol. The molecular weight excluding hydrogens is 316 g/mol. The first-order chi connectivity index (χ1) is 10.7. The molecule has 23 heavy (non-hydrogen) atoms. The zero-order chi connectivity index (χ0) is 17.5. The molecule has 0 spiro atoms. The molecule has 1 aromatic carbocycles. The summed E-state index contributed by atoms with van der Waals surface area (Å²) >= 11 is 0. The molecule has 0 aliphatic carbocycles. The minimum absolute atomic E-state index is 0.0952. The largest absolute Gasteiger partial charge is 0.484 e. The molecule has 1 amide bonds. The quantitative estimate of drug-likeness (QED) is 0.718. The number of amides is 1. The van der Waals surface area contributed by atoms with E-state index < -0.39 is 10.0 Å². The van der Waals surface area contributed by atoms with E-state index >= 15 is 0 Å². The van der Waals surface area contributed by atoms with Crippen molar-refractivity contribution in [3.8, 4) is 5.75 Å². The van der Waals surface area contributed by atoms with Gasteiger partial charge in [-0.25, -0.2) is 13.1 Å². The highest BCUT2D eigenvalue weighted by atomic mass is 32.2. The lowest BCUT2D eigenvalue weighted by atomic mass is 10.2. The summed E-state index contributed by atoms with van der Waals surface area (Å²) in [4.78, 5) is 11.8. The van der Waals surface area contributed by atoms with Crippen LogP contribution in [-0.2, 0) is 14.8 Å². The van der Waals surface area contributed by atoms with Gasteiger partial charge in [-0.3, -0.25) is 4.79 Å². The maximum Gasteiger partial charge on any atom is 0.258 e. The molecule has 0 fully saturated rings. The van der Waals surface area contributed by atoms with Gasteiger partial charge < -0.3 is 10.1 Å². The molecule has 6 nitrogen and oxygen atoms in total. The average Bonchev–Trinajstić information content (AvgIpc) is 2.51. The van der Waals surface area contributed by atoms with E-state index in [9.17, 15) is 13.2 Å². The first-order valence-corrected chi connectivity index (χ1v) is 9.24. The normalized spacial score (nSPS) is 12.9. The Hall–Kier alpha value is -1.60. The molecule has 0 aliphatic heterocycles. The molecular formula is C16H26N2O4S. The van der Waals surface area contributed by atoms with E-state index in [0.29, 0.717) is 12.3 Å². The summed E-state index contributed by atoms with van der Waals surface area (Å²) in [5, 5.41) is 2.79. The maximum absolute atomic E-state index is 12.1. The molecule has 0 aromatic heterocycles. The second-order valence-electron chi connectivity index (χ2n) is 5.88. The van der Waals surface area contributed by atoms with Crippen LogP contribution in [0.2, 0.25) is 0 Å². The lowest BCUT2D eigenvalue weighted by molar-refractivity contribution is -0.123. The van der Waals surface area contributed by atoms with E-state index in [4.69, 9.17) is 4.74 Å². The molecule has 0 heterocycles. The number of rotatable bonds is 9. The van der Waals surface area contributed by atoms with E-state index in [1.807, 2.05) is 27.7 Å². The highest BCUT2D eigenvalue weighted by Crippen LogP contribution is 2.16. The Labute approximate surface area is 138 Å². The zero-order valence-electron chi connectivity index (χ0n) is 14.1. The van der Waals surface area contributed by atoms with Crippen molar-refractivity contribution in [1.29, 1.82) is 0 Å². The summed E-state index contributed by atoms with van der Waals surface area (Å²) in [7, 11) is -3.51. The van der Waals surface area contributed by atoms with E-state index in [-0.39, 0.29) is 29.4 Å². The van der Waals surface area contributed by atoms with Gasteiger partial charge in [0, 0.05) is 12.6 Å². The fraction of sp³-hybridized carbons (Fsp3) is 0.562. The van der Waals surface area contributed by atoms with Gasteiger partial charge in [0.1, 0.15) is 5.75 Å². The lowest BCUT2D eigenvalue weighted by Crippen LogP contribution is -2.35. The summed E-state index contributed by atoms with van der Waals surface area (Å²) in [6.07, 6.45) is 0.849. The van der Waals surface area contributed by atoms with Gasteiger partial charge in [0.25, 0.3) is 5.91 Å². The molecule has 0 bridgehead atoms. The van der Waals surface area contributed by atoms with Crippen molar-refractivity contribution in [2.75, 3.05) is 13.2 Å². The first-order valence-electron chi connectivity index (χ1n) is 7.76. The number of hydrogen-bond donors (Lipinski definition) is 2. The number of carbonyl (C=O) groups excluding carboxylic acids is 1. The Bertz CT molecular complexity index is 597. The summed E-state index contributed by atoms with van der Waals surface area (Å²) in [6, 6.07) is 6.11. The van der Waals surface area contributed by atoms with E-state index in [2.05, 4.69) is 10.0 Å². The van der Waals surface area contributed by atoms with Crippen LogP contribution in [0, 0.1) is 5.92 Å². The van der Waals surface area contributed by atoms with Crippen molar-refractivity contribution in [3.63, 3.8) is 0 Å². The zero-order valence-corrected chi connectivity index (χ0v) is 14.9. The van der Waals surface area contributed by atoms with Crippen LogP contribution in [0.25, 0.3) is 0 Å². The molecule has 0 radical (unpaired) electrons. The molecule has 2 N–H and O–H groups in total. The Kier molecular flexibility index (Phi) is 7.51. The molecule has 0 unspecified atom stereocenters. The summed E-state index contributed by atoms with van der Waals surface area (Å²) in [5.74, 6) is 0.484. The van der Waals surface area contributed by atoms with Crippen molar-refractivity contribution in [2.45, 2.75) is 45.1 Å². The minimum Gasteiger partial charge on any atom is -0.484 e. The van der Waals surface area contributed by atoms with Crippen LogP contribution < -0.4 is 14.8 Å². The second-order valence-corrected chi connectivity index (χ2v) is 7.65. The van der Waals surface area contributed by atoms with Gasteiger partial charge in [-0.05, 0) is 43.5 Å². The number of nitrogens with one attached hydrogen (secondary N) is 2. The van der Waals surface area contributed by atoms with Crippen molar-refractivity contribution >= 4 is 15.9 Å². The Morgan fingerprint density at radius 2 is 1.78 bits per heavy atom. The van der Waals surface area contributed by atoms with Crippen molar-refractivity contribution in [3.05, 3.63) is 24.3 Å². The van der Waals surface area contributed by atoms with Gasteiger partial charge >= 0.3 is 0 Å². The molecule has 0 aliphatic rings. The third-order valence-corrected chi connectivity index (χ3v) is 4.64. The molecule has 7 heteroatoms. The van der Waals surface area contributed by atoms with Crippen molar-refractivity contribution in [2.24, 2.45) is 5.92 Å². The van der Waals surface area contributed by atoms with Crippen LogP contribution in [0.15, 0.2) is 29.2 Å². The topological polar surface area (TPSA) is 84.5 Å². The molecule has 1 aromatic rings. The van der Waals surface area contributed by atoms with Gasteiger partial charge in [0.15, 0.2) is 6.61 Å². The predicted octanol–water partition coefficient (Wildman–Crippen LogP) is 1.91. The molecule has 0 saturated heterocycles. The first kappa shape index (κ1) is 19.4. The molecule has 1 rings (SSSR count). The standard InChI is InChI=1S/C16H26N2O4S/c1-5-13(4)18-16(19)11-22-14-6-8-15(9-7-14)23(20,21)17-10-12(2)3/h6-9,12-13,17H,5,10-11H2,1-4H3,(H,18,19)/t13-/m1/s1. The highest BCUT2D eigenvalue weighted by molar-refractivity contribution is 7.89. The van der Waals surface area contributed by atoms with Gasteiger partial charge in [-0.2, -0.15) is 0 Å². The Morgan fingerprint density at radius 3 is 2.30 bits per heavy atom. The number of carbonyl (C=O) groups is 1. The van der Waals surface area contributed by atoms with Crippen molar-refractivity contribution < 1.29 is 17.9 Å². The van der Waals surface area contributed by atoms with E-state index in [0.717, 1.165) is 6.42 Å². The lowest BCUT2D eigenvalue weighted by Gasteiger charge is -2.12. The van der Waals surface area contributed by atoms with Gasteiger partial charge in [-0.15, -0.1) is 0 Å². The number of ether oxygens (including phenoxy) is 1. The van der Waals surface area contributed by atoms with Gasteiger partial charge in [0.05, 0.1) is 4.90 Å². The van der Waals surface area contributed by atoms with E-state index in [1.165, 1.54) is 12.1 Å². The van der Waals surface area contributed by atoms with Crippen LogP contribution in [0.5, 0.6) is 5.75 Å². The second kappa shape index (κ2) is 8.88. The van der Waals surface area contributed by atoms with Crippen LogP contribution in [0.1, 0.15) is 34.1 Å². The third kappa shape index (κ3) is 7.00. The fourth-order valence-corrected chi connectivity index (χ4v) is 2.86. The highest BCUT2D eigenvalue weighted by Gasteiger charge is 2.14. The Morgan fingerprint density at radius 1 is 1.17 bits per heavy atom. The molecule has 0 saturated carbocycles. The smallest absolute Gasteiger partial charge is 0.258 e. The monoisotopic (exact) mass is 342 g/mol. The summed E-state index contributed by atoms with van der Waals surface area (Å²) in [5.41, 5.74) is 0. The number of hydrogen-bond acceptors (Lipinski definition) is 4. The number of benzene rings is 1. The van der Waals surface area contributed by atoms with Gasteiger partial charge in [-0.1, -0.05) is 20.8 Å². The minimum atomic E-state index is -3.51. The Balaban J connectivity index is 2.58. The molecule has 130 valence electrons. The van der Waals surface area contributed by atoms with Crippen LogP contribution in [-0.4, -0.2) is 33.5 Å². The van der Waals surface area contributed by atoms with Crippen LogP contribution in [0.3, 0.4) is 0 Å². The van der Waals surface area contributed by atoms with Crippen molar-refractivity contribution in [1.82, 2.24) is 10.0 Å². The molecule has 1 atom stereocenters. The third-order valence-electron chi connectivity index (χ3n) is 3.21. The van der Waals surface area contributed by atoms with Crippen LogP contribution >= 0.6 is 0 Å². The fourth-order valence-electron chi connectivity index (χ4n) is 1.64. The predicted molar refractivity (Wildman–Crippen MR) is 89.9 cm³/mol. The maximum atomic E-state index is 12.1.